The summed E-state index contributed by atoms with van der Waals surface area (Å²) in [6, 6.07) is 18.6. The number of thioether (sulfide) groups is 1. The molecule has 1 N–H and O–H groups in total. The molecule has 118 valence electrons. The monoisotopic (exact) mass is 341 g/mol. The van der Waals surface area contributed by atoms with E-state index in [-0.39, 0.29) is 5.91 Å². The van der Waals surface area contributed by atoms with E-state index in [0.29, 0.717) is 6.54 Å². The number of nitrogens with one attached hydrogen (secondary N) is 1. The average Bonchev–Trinajstić information content (AvgIpc) is 2.93. The van der Waals surface area contributed by atoms with Crippen molar-refractivity contribution in [3.8, 4) is 0 Å². The summed E-state index contributed by atoms with van der Waals surface area (Å²) in [5.74, 6) is 1.95. The van der Waals surface area contributed by atoms with E-state index in [1.165, 1.54) is 15.6 Å². The molecule has 0 fully saturated rings. The maximum atomic E-state index is 12.4. The summed E-state index contributed by atoms with van der Waals surface area (Å²) < 4.78 is 1.17. The van der Waals surface area contributed by atoms with E-state index in [0.717, 1.165) is 21.9 Å². The van der Waals surface area contributed by atoms with Gasteiger partial charge in [-0.1, -0.05) is 48.5 Å². The SMILES string of the molecule is Cc1c(C(=O)NCCSCc2ccccc2)sc2ccccc12. The highest BCUT2D eigenvalue weighted by Crippen LogP contribution is 2.30. The van der Waals surface area contributed by atoms with E-state index in [1.807, 2.05) is 36.9 Å². The van der Waals surface area contributed by atoms with Crippen molar-refractivity contribution in [2.24, 2.45) is 0 Å². The normalized spacial score (nSPS) is 10.8. The molecule has 1 aromatic heterocycles. The quantitative estimate of drug-likeness (QED) is 0.648. The van der Waals surface area contributed by atoms with Gasteiger partial charge in [0.05, 0.1) is 4.88 Å². The lowest BCUT2D eigenvalue weighted by atomic mass is 10.1. The second-order valence-electron chi connectivity index (χ2n) is 5.35. The van der Waals surface area contributed by atoms with Crippen molar-refractivity contribution in [2.75, 3.05) is 12.3 Å². The van der Waals surface area contributed by atoms with Crippen molar-refractivity contribution in [1.82, 2.24) is 5.32 Å². The van der Waals surface area contributed by atoms with Crippen LogP contribution in [0.15, 0.2) is 54.6 Å². The molecule has 3 aromatic rings. The zero-order valence-corrected chi connectivity index (χ0v) is 14.7. The molecule has 0 aliphatic rings. The highest BCUT2D eigenvalue weighted by atomic mass is 32.2. The van der Waals surface area contributed by atoms with Crippen LogP contribution in [0.5, 0.6) is 0 Å². The summed E-state index contributed by atoms with van der Waals surface area (Å²) in [6.07, 6.45) is 0. The van der Waals surface area contributed by atoms with Crippen molar-refractivity contribution in [2.45, 2.75) is 12.7 Å². The van der Waals surface area contributed by atoms with Crippen LogP contribution in [-0.2, 0) is 5.75 Å². The molecule has 0 spiro atoms. The standard InChI is InChI=1S/C19H19NOS2/c1-14-16-9-5-6-10-17(16)23-18(14)19(21)20-11-12-22-13-15-7-3-2-4-8-15/h2-10H,11-13H2,1H3,(H,20,21). The van der Waals surface area contributed by atoms with Gasteiger partial charge >= 0.3 is 0 Å². The number of benzene rings is 2. The van der Waals surface area contributed by atoms with Gasteiger partial charge in [0.2, 0.25) is 0 Å². The predicted octanol–water partition coefficient (Wildman–Crippen LogP) is 4.87. The molecule has 0 aliphatic heterocycles. The van der Waals surface area contributed by atoms with Crippen molar-refractivity contribution in [1.29, 1.82) is 0 Å². The van der Waals surface area contributed by atoms with Gasteiger partial charge in [-0.05, 0) is 29.5 Å². The third kappa shape index (κ3) is 3.95. The second kappa shape index (κ2) is 7.66. The molecule has 0 radical (unpaired) electrons. The molecule has 3 rings (SSSR count). The third-order valence-electron chi connectivity index (χ3n) is 3.69. The Balaban J connectivity index is 1.50. The van der Waals surface area contributed by atoms with Crippen molar-refractivity contribution >= 4 is 39.1 Å². The first-order chi connectivity index (χ1) is 11.3. The lowest BCUT2D eigenvalue weighted by Crippen LogP contribution is -2.25. The first kappa shape index (κ1) is 16.1. The molecule has 0 aliphatic carbocycles. The fourth-order valence-electron chi connectivity index (χ4n) is 2.47. The van der Waals surface area contributed by atoms with Crippen molar-refractivity contribution in [3.05, 3.63) is 70.6 Å². The molecule has 0 saturated carbocycles. The number of hydrogen-bond donors (Lipinski definition) is 1. The van der Waals surface area contributed by atoms with Gasteiger partial charge in [0, 0.05) is 22.8 Å². The van der Waals surface area contributed by atoms with E-state index in [1.54, 1.807) is 11.3 Å². The number of hydrogen-bond acceptors (Lipinski definition) is 3. The minimum absolute atomic E-state index is 0.0454. The Morgan fingerprint density at radius 2 is 1.83 bits per heavy atom. The summed E-state index contributed by atoms with van der Waals surface area (Å²) in [5.41, 5.74) is 2.41. The number of aryl methyl sites for hydroxylation is 1. The third-order valence-corrected chi connectivity index (χ3v) is 6.00. The zero-order chi connectivity index (χ0) is 16.1. The summed E-state index contributed by atoms with van der Waals surface area (Å²) >= 11 is 3.42. The van der Waals surface area contributed by atoms with E-state index in [4.69, 9.17) is 0 Å². The number of amides is 1. The fourth-order valence-corrected chi connectivity index (χ4v) is 4.42. The lowest BCUT2D eigenvalue weighted by Gasteiger charge is -2.05. The smallest absolute Gasteiger partial charge is 0.261 e. The number of carbonyl (C=O) groups excluding carboxylic acids is 1. The van der Waals surface area contributed by atoms with Gasteiger partial charge in [0.15, 0.2) is 0 Å². The zero-order valence-electron chi connectivity index (χ0n) is 13.0. The van der Waals surface area contributed by atoms with Crippen LogP contribution in [0.4, 0.5) is 0 Å². The van der Waals surface area contributed by atoms with Crippen LogP contribution in [-0.4, -0.2) is 18.2 Å². The Morgan fingerprint density at radius 3 is 2.61 bits per heavy atom. The molecule has 0 bridgehead atoms. The summed E-state index contributed by atoms with van der Waals surface area (Å²) in [7, 11) is 0. The molecule has 2 aromatic carbocycles. The molecule has 2 nitrogen and oxygen atoms in total. The maximum Gasteiger partial charge on any atom is 0.261 e. The van der Waals surface area contributed by atoms with Crippen LogP contribution in [0.2, 0.25) is 0 Å². The Labute approximate surface area is 144 Å². The maximum absolute atomic E-state index is 12.4. The topological polar surface area (TPSA) is 29.1 Å². The molecule has 1 heterocycles. The summed E-state index contributed by atoms with van der Waals surface area (Å²) in [4.78, 5) is 13.2. The van der Waals surface area contributed by atoms with Gasteiger partial charge < -0.3 is 5.32 Å². The molecule has 0 unspecified atom stereocenters. The van der Waals surface area contributed by atoms with Crippen LogP contribution in [0.25, 0.3) is 10.1 Å². The Hall–Kier alpha value is -1.78. The average molecular weight is 342 g/mol. The van der Waals surface area contributed by atoms with Gasteiger partial charge in [-0.15, -0.1) is 11.3 Å². The highest BCUT2D eigenvalue weighted by Gasteiger charge is 2.14. The number of carbonyl (C=O) groups is 1. The number of rotatable bonds is 6. The number of thiophene rings is 1. The summed E-state index contributed by atoms with van der Waals surface area (Å²) in [5, 5.41) is 4.22. The fraction of sp³-hybridized carbons (Fsp3) is 0.211. The van der Waals surface area contributed by atoms with Gasteiger partial charge in [0.1, 0.15) is 0 Å². The van der Waals surface area contributed by atoms with Crippen LogP contribution >= 0.6 is 23.1 Å². The molecular weight excluding hydrogens is 322 g/mol. The predicted molar refractivity (Wildman–Crippen MR) is 101 cm³/mol. The van der Waals surface area contributed by atoms with Gasteiger partial charge in [-0.2, -0.15) is 11.8 Å². The highest BCUT2D eigenvalue weighted by molar-refractivity contribution is 7.98. The minimum Gasteiger partial charge on any atom is -0.351 e. The van der Waals surface area contributed by atoms with Crippen LogP contribution < -0.4 is 5.32 Å². The lowest BCUT2D eigenvalue weighted by molar-refractivity contribution is 0.0960. The largest absolute Gasteiger partial charge is 0.351 e. The van der Waals surface area contributed by atoms with E-state index >= 15 is 0 Å². The van der Waals surface area contributed by atoms with Crippen molar-refractivity contribution in [3.63, 3.8) is 0 Å². The minimum atomic E-state index is 0.0454. The van der Waals surface area contributed by atoms with Crippen molar-refractivity contribution < 1.29 is 4.79 Å². The van der Waals surface area contributed by atoms with Gasteiger partial charge in [0.25, 0.3) is 5.91 Å². The molecule has 1 amide bonds. The van der Waals surface area contributed by atoms with Crippen LogP contribution in [0, 0.1) is 6.92 Å². The first-order valence-electron chi connectivity index (χ1n) is 7.63. The number of fused-ring (bicyclic) bond motifs is 1. The Kier molecular flexibility index (Phi) is 5.36. The first-order valence-corrected chi connectivity index (χ1v) is 9.61. The molecule has 23 heavy (non-hydrogen) atoms. The van der Waals surface area contributed by atoms with E-state index in [9.17, 15) is 4.79 Å². The summed E-state index contributed by atoms with van der Waals surface area (Å²) in [6.45, 7) is 2.72. The van der Waals surface area contributed by atoms with Crippen LogP contribution in [0.1, 0.15) is 20.8 Å². The second-order valence-corrected chi connectivity index (χ2v) is 7.50. The van der Waals surface area contributed by atoms with E-state index < -0.39 is 0 Å². The van der Waals surface area contributed by atoms with E-state index in [2.05, 4.69) is 41.7 Å². The van der Waals surface area contributed by atoms with Gasteiger partial charge in [-0.3, -0.25) is 4.79 Å². The molecule has 0 saturated heterocycles. The Morgan fingerprint density at radius 1 is 1.09 bits per heavy atom. The van der Waals surface area contributed by atoms with Crippen LogP contribution in [0.3, 0.4) is 0 Å². The molecule has 0 atom stereocenters. The molecule has 4 heteroatoms. The van der Waals surface area contributed by atoms with Gasteiger partial charge in [-0.25, -0.2) is 0 Å². The Bertz CT molecular complexity index is 795. The molecular formula is C19H19NOS2.